The molecule has 0 radical (unpaired) electrons. The number of terminal acetylenes is 1. The zero-order valence-corrected chi connectivity index (χ0v) is 12.6. The molecule has 3 heteroatoms. The Morgan fingerprint density at radius 3 is 2.25 bits per heavy atom. The minimum absolute atomic E-state index is 0.409. The van der Waals surface area contributed by atoms with E-state index in [4.69, 9.17) is 6.42 Å². The summed E-state index contributed by atoms with van der Waals surface area (Å²) in [6.07, 6.45) is 10.5. The standard InChI is InChI=1S/C17H23N3/c1-5-13-6-9-16(19-18-13)20-14-7-8-15(20)11-12(10-14)17(2,3)4/h1,6,9,12,14-15H,7-8,10-11H2,2-4H3. The Morgan fingerprint density at radius 1 is 1.15 bits per heavy atom. The monoisotopic (exact) mass is 269 g/mol. The minimum atomic E-state index is 0.409. The molecule has 2 bridgehead atoms. The number of hydrogen-bond acceptors (Lipinski definition) is 3. The number of hydrogen-bond donors (Lipinski definition) is 0. The smallest absolute Gasteiger partial charge is 0.151 e. The van der Waals surface area contributed by atoms with E-state index in [0.717, 1.165) is 11.7 Å². The Morgan fingerprint density at radius 2 is 1.80 bits per heavy atom. The maximum Gasteiger partial charge on any atom is 0.151 e. The van der Waals surface area contributed by atoms with Crippen LogP contribution in [0.25, 0.3) is 0 Å². The number of nitrogens with zero attached hydrogens (tertiary/aromatic N) is 3. The summed E-state index contributed by atoms with van der Waals surface area (Å²) >= 11 is 0. The van der Waals surface area contributed by atoms with Gasteiger partial charge < -0.3 is 4.90 Å². The first kappa shape index (κ1) is 13.4. The van der Waals surface area contributed by atoms with Crippen molar-refractivity contribution in [3.8, 4) is 12.3 Å². The van der Waals surface area contributed by atoms with E-state index < -0.39 is 0 Å². The first-order valence-electron chi connectivity index (χ1n) is 7.57. The Hall–Kier alpha value is -1.56. The second-order valence-corrected chi connectivity index (χ2v) is 7.25. The molecule has 3 rings (SSSR count). The van der Waals surface area contributed by atoms with Crippen molar-refractivity contribution in [2.75, 3.05) is 4.90 Å². The van der Waals surface area contributed by atoms with Crippen LogP contribution in [-0.4, -0.2) is 22.3 Å². The quantitative estimate of drug-likeness (QED) is 0.733. The highest BCUT2D eigenvalue weighted by Crippen LogP contribution is 2.46. The lowest BCUT2D eigenvalue weighted by Gasteiger charge is -2.44. The molecule has 0 spiro atoms. The topological polar surface area (TPSA) is 29.0 Å². The average molecular weight is 269 g/mol. The molecule has 0 aliphatic carbocycles. The lowest BCUT2D eigenvalue weighted by Crippen LogP contribution is -2.46. The van der Waals surface area contributed by atoms with Crippen LogP contribution >= 0.6 is 0 Å². The van der Waals surface area contributed by atoms with Crippen molar-refractivity contribution in [3.63, 3.8) is 0 Å². The lowest BCUT2D eigenvalue weighted by molar-refractivity contribution is 0.173. The third-order valence-corrected chi connectivity index (χ3v) is 5.02. The summed E-state index contributed by atoms with van der Waals surface area (Å²) in [7, 11) is 0. The number of rotatable bonds is 1. The number of aromatic nitrogens is 2. The molecule has 106 valence electrons. The number of anilines is 1. The van der Waals surface area contributed by atoms with E-state index >= 15 is 0 Å². The highest BCUT2D eigenvalue weighted by Gasteiger charge is 2.44. The third-order valence-electron chi connectivity index (χ3n) is 5.02. The molecule has 3 heterocycles. The zero-order chi connectivity index (χ0) is 14.3. The fourth-order valence-electron chi connectivity index (χ4n) is 3.80. The maximum absolute atomic E-state index is 5.35. The Labute approximate surface area is 121 Å². The highest BCUT2D eigenvalue weighted by atomic mass is 15.3. The van der Waals surface area contributed by atoms with Gasteiger partial charge in [-0.15, -0.1) is 16.6 Å². The summed E-state index contributed by atoms with van der Waals surface area (Å²) in [5, 5.41) is 8.44. The summed E-state index contributed by atoms with van der Waals surface area (Å²) in [6.45, 7) is 7.11. The van der Waals surface area contributed by atoms with Crippen LogP contribution in [-0.2, 0) is 0 Å². The SMILES string of the molecule is C#Cc1ccc(N2C3CCC2CC(C(C)(C)C)C3)nn1. The molecule has 0 saturated carbocycles. The lowest BCUT2D eigenvalue weighted by atomic mass is 9.73. The molecular formula is C17H23N3. The van der Waals surface area contributed by atoms with Crippen molar-refractivity contribution in [1.29, 1.82) is 0 Å². The van der Waals surface area contributed by atoms with Crippen LogP contribution in [0, 0.1) is 23.7 Å². The first-order chi connectivity index (χ1) is 9.49. The third kappa shape index (κ3) is 2.28. The molecule has 2 fully saturated rings. The van der Waals surface area contributed by atoms with Crippen molar-refractivity contribution in [2.24, 2.45) is 11.3 Å². The summed E-state index contributed by atoms with van der Waals surface area (Å²) in [6, 6.07) is 5.19. The average Bonchev–Trinajstić information content (AvgIpc) is 2.67. The van der Waals surface area contributed by atoms with Gasteiger partial charge in [0.05, 0.1) is 0 Å². The Balaban J connectivity index is 1.81. The molecule has 0 N–H and O–H groups in total. The van der Waals surface area contributed by atoms with Gasteiger partial charge in [-0.1, -0.05) is 20.8 Å². The van der Waals surface area contributed by atoms with E-state index in [-0.39, 0.29) is 0 Å². The fraction of sp³-hybridized carbons (Fsp3) is 0.647. The summed E-state index contributed by atoms with van der Waals surface area (Å²) < 4.78 is 0. The predicted molar refractivity (Wildman–Crippen MR) is 81.4 cm³/mol. The fourth-order valence-corrected chi connectivity index (χ4v) is 3.80. The van der Waals surface area contributed by atoms with E-state index in [1.165, 1.54) is 25.7 Å². The largest absolute Gasteiger partial charge is 0.349 e. The van der Waals surface area contributed by atoms with Crippen LogP contribution in [0.3, 0.4) is 0 Å². The van der Waals surface area contributed by atoms with Crippen molar-refractivity contribution < 1.29 is 0 Å². The molecule has 2 aliphatic heterocycles. The highest BCUT2D eigenvalue weighted by molar-refractivity contribution is 5.44. The van der Waals surface area contributed by atoms with Gasteiger partial charge in [0.15, 0.2) is 5.82 Å². The normalized spacial score (nSPS) is 29.3. The molecule has 0 amide bonds. The van der Waals surface area contributed by atoms with Gasteiger partial charge in [-0.25, -0.2) is 0 Å². The van der Waals surface area contributed by atoms with Gasteiger partial charge in [0.2, 0.25) is 0 Å². The summed E-state index contributed by atoms with van der Waals surface area (Å²) in [4.78, 5) is 2.50. The van der Waals surface area contributed by atoms with Crippen LogP contribution in [0.4, 0.5) is 5.82 Å². The first-order valence-corrected chi connectivity index (χ1v) is 7.57. The van der Waals surface area contributed by atoms with E-state index in [2.05, 4.69) is 41.8 Å². The van der Waals surface area contributed by atoms with Gasteiger partial charge in [-0.2, -0.15) is 0 Å². The molecule has 1 aromatic heterocycles. The second-order valence-electron chi connectivity index (χ2n) is 7.25. The van der Waals surface area contributed by atoms with Gasteiger partial charge in [0.1, 0.15) is 5.69 Å². The number of piperidine rings is 1. The minimum Gasteiger partial charge on any atom is -0.349 e. The molecule has 2 aliphatic rings. The Kier molecular flexibility index (Phi) is 3.20. The molecule has 0 aromatic carbocycles. The Bertz CT molecular complexity index is 507. The molecular weight excluding hydrogens is 246 g/mol. The van der Waals surface area contributed by atoms with Gasteiger partial charge in [0, 0.05) is 12.1 Å². The van der Waals surface area contributed by atoms with Crippen LogP contribution < -0.4 is 4.90 Å². The van der Waals surface area contributed by atoms with Gasteiger partial charge in [-0.05, 0) is 55.1 Å². The van der Waals surface area contributed by atoms with E-state index in [0.29, 0.717) is 23.2 Å². The van der Waals surface area contributed by atoms with Crippen LogP contribution in [0.2, 0.25) is 0 Å². The van der Waals surface area contributed by atoms with Gasteiger partial charge in [0.25, 0.3) is 0 Å². The molecule has 1 aromatic rings. The molecule has 2 saturated heterocycles. The molecule has 20 heavy (non-hydrogen) atoms. The van der Waals surface area contributed by atoms with Crippen LogP contribution in [0.5, 0.6) is 0 Å². The summed E-state index contributed by atoms with van der Waals surface area (Å²) in [5.74, 6) is 4.35. The van der Waals surface area contributed by atoms with Crippen molar-refractivity contribution in [1.82, 2.24) is 10.2 Å². The second kappa shape index (κ2) is 4.77. The maximum atomic E-state index is 5.35. The molecule has 3 nitrogen and oxygen atoms in total. The van der Waals surface area contributed by atoms with Crippen molar-refractivity contribution >= 4 is 5.82 Å². The van der Waals surface area contributed by atoms with Crippen molar-refractivity contribution in [3.05, 3.63) is 17.8 Å². The van der Waals surface area contributed by atoms with E-state index in [1.807, 2.05) is 12.1 Å². The molecule has 2 unspecified atom stereocenters. The van der Waals surface area contributed by atoms with Gasteiger partial charge in [-0.3, -0.25) is 0 Å². The summed E-state index contributed by atoms with van der Waals surface area (Å²) in [5.41, 5.74) is 1.03. The predicted octanol–water partition coefficient (Wildman–Crippen LogP) is 3.25. The van der Waals surface area contributed by atoms with Crippen molar-refractivity contribution in [2.45, 2.75) is 58.5 Å². The van der Waals surface area contributed by atoms with Gasteiger partial charge >= 0.3 is 0 Å². The van der Waals surface area contributed by atoms with Crippen LogP contribution in [0.1, 0.15) is 52.1 Å². The van der Waals surface area contributed by atoms with E-state index in [9.17, 15) is 0 Å². The van der Waals surface area contributed by atoms with E-state index in [1.54, 1.807) is 0 Å². The number of fused-ring (bicyclic) bond motifs is 2. The van der Waals surface area contributed by atoms with Crippen LogP contribution in [0.15, 0.2) is 12.1 Å². The molecule has 2 atom stereocenters. The zero-order valence-electron chi connectivity index (χ0n) is 12.6.